The number of hydrazine groups is 1. The lowest BCUT2D eigenvalue weighted by atomic mass is 10.5. The Hall–Kier alpha value is -0.810. The second kappa shape index (κ2) is 3.28. The fourth-order valence-corrected chi connectivity index (χ4v) is 1.03. The van der Waals surface area contributed by atoms with Crippen LogP contribution in [0.1, 0.15) is 0 Å². The number of hydrogen-bond donors (Lipinski definition) is 0. The Bertz CT molecular complexity index is 181. The molecule has 0 aliphatic carbocycles. The summed E-state index contributed by atoms with van der Waals surface area (Å²) in [4.78, 5) is 13.0. The lowest BCUT2D eigenvalue weighted by Crippen LogP contribution is -2.39. The van der Waals surface area contributed by atoms with E-state index in [-0.39, 0.29) is 12.3 Å². The third kappa shape index (κ3) is 1.67. The smallest absolute Gasteiger partial charge is 0.426 e. The van der Waals surface area contributed by atoms with Crippen molar-refractivity contribution in [1.82, 2.24) is 14.9 Å². The Labute approximate surface area is 72.4 Å². The molecule has 1 saturated heterocycles. The van der Waals surface area contributed by atoms with Gasteiger partial charge in [-0.25, -0.2) is 14.8 Å². The van der Waals surface area contributed by atoms with Crippen molar-refractivity contribution in [3.63, 3.8) is 0 Å². The number of nitrogens with zero attached hydrogens (tertiary/aromatic N) is 3. The molecule has 5 heteroatoms. The Morgan fingerprint density at radius 3 is 2.25 bits per heavy atom. The van der Waals surface area contributed by atoms with Crippen LogP contribution in [0.2, 0.25) is 0 Å². The molecule has 1 fully saturated rings. The Balaban J connectivity index is 2.56. The number of hydrogen-bond acceptors (Lipinski definition) is 4. The highest BCUT2D eigenvalue weighted by molar-refractivity contribution is 5.69. The highest BCUT2D eigenvalue weighted by atomic mass is 16.6. The Kier molecular flexibility index (Phi) is 2.54. The van der Waals surface area contributed by atoms with Gasteiger partial charge in [0.1, 0.15) is 0 Å². The van der Waals surface area contributed by atoms with Gasteiger partial charge < -0.3 is 4.74 Å². The number of ether oxygens (including phenoxy) is 1. The molecule has 1 unspecified atom stereocenters. The molecule has 1 aliphatic heterocycles. The van der Waals surface area contributed by atoms with E-state index in [0.29, 0.717) is 6.54 Å². The summed E-state index contributed by atoms with van der Waals surface area (Å²) in [5, 5.41) is 3.29. The largest absolute Gasteiger partial charge is 0.427 e. The van der Waals surface area contributed by atoms with Crippen LogP contribution in [0.25, 0.3) is 0 Å². The standard InChI is InChI=1S/C7H15N3O2/c1-8(2)6-5-10(9(3)4)7(11)12-6/h6H,5H2,1-4H3. The molecule has 1 amide bonds. The highest BCUT2D eigenvalue weighted by Gasteiger charge is 2.33. The lowest BCUT2D eigenvalue weighted by Gasteiger charge is -2.21. The van der Waals surface area contributed by atoms with Crippen LogP contribution in [0.15, 0.2) is 0 Å². The van der Waals surface area contributed by atoms with Crippen molar-refractivity contribution in [2.45, 2.75) is 6.23 Å². The predicted molar refractivity (Wildman–Crippen MR) is 44.3 cm³/mol. The number of rotatable bonds is 2. The van der Waals surface area contributed by atoms with Gasteiger partial charge in [0.15, 0.2) is 6.23 Å². The minimum Gasteiger partial charge on any atom is -0.427 e. The minimum absolute atomic E-state index is 0.125. The van der Waals surface area contributed by atoms with Crippen molar-refractivity contribution in [2.75, 3.05) is 34.7 Å². The molecule has 0 bridgehead atoms. The van der Waals surface area contributed by atoms with Crippen LogP contribution in [0.5, 0.6) is 0 Å². The molecule has 0 radical (unpaired) electrons. The molecule has 0 spiro atoms. The fourth-order valence-electron chi connectivity index (χ4n) is 1.03. The first-order valence-corrected chi connectivity index (χ1v) is 3.84. The molecule has 12 heavy (non-hydrogen) atoms. The monoisotopic (exact) mass is 173 g/mol. The summed E-state index contributed by atoms with van der Waals surface area (Å²) < 4.78 is 5.07. The first-order chi connectivity index (χ1) is 5.52. The van der Waals surface area contributed by atoms with E-state index in [1.165, 1.54) is 0 Å². The van der Waals surface area contributed by atoms with Crippen LogP contribution in [0.3, 0.4) is 0 Å². The molecule has 0 aromatic carbocycles. The van der Waals surface area contributed by atoms with Gasteiger partial charge in [-0.2, -0.15) is 0 Å². The van der Waals surface area contributed by atoms with Gasteiger partial charge in [0, 0.05) is 14.1 Å². The van der Waals surface area contributed by atoms with Crippen LogP contribution in [0.4, 0.5) is 4.79 Å². The molecule has 0 N–H and O–H groups in total. The maximum atomic E-state index is 11.2. The van der Waals surface area contributed by atoms with Gasteiger partial charge in [0.25, 0.3) is 0 Å². The molecule has 70 valence electrons. The van der Waals surface area contributed by atoms with Gasteiger partial charge in [-0.15, -0.1) is 0 Å². The molecule has 1 rings (SSSR count). The molecule has 5 nitrogen and oxygen atoms in total. The Morgan fingerprint density at radius 1 is 1.42 bits per heavy atom. The van der Waals surface area contributed by atoms with E-state index in [1.54, 1.807) is 10.0 Å². The number of likely N-dealkylation sites (N-methyl/N-ethyl adjacent to an activating group) is 1. The van der Waals surface area contributed by atoms with E-state index in [4.69, 9.17) is 4.74 Å². The summed E-state index contributed by atoms with van der Waals surface area (Å²) in [5.41, 5.74) is 0. The van der Waals surface area contributed by atoms with Gasteiger partial charge >= 0.3 is 6.09 Å². The van der Waals surface area contributed by atoms with Gasteiger partial charge in [-0.05, 0) is 14.1 Å². The average molecular weight is 173 g/mol. The van der Waals surface area contributed by atoms with Crippen molar-refractivity contribution in [2.24, 2.45) is 0 Å². The zero-order valence-corrected chi connectivity index (χ0v) is 7.94. The number of amides is 1. The van der Waals surface area contributed by atoms with Crippen molar-refractivity contribution < 1.29 is 9.53 Å². The van der Waals surface area contributed by atoms with Crippen molar-refractivity contribution in [3.05, 3.63) is 0 Å². The fraction of sp³-hybridized carbons (Fsp3) is 0.857. The van der Waals surface area contributed by atoms with Crippen molar-refractivity contribution >= 4 is 6.09 Å². The zero-order valence-electron chi connectivity index (χ0n) is 7.94. The van der Waals surface area contributed by atoms with Crippen molar-refractivity contribution in [1.29, 1.82) is 0 Å². The summed E-state index contributed by atoms with van der Waals surface area (Å²) in [6.07, 6.45) is -0.404. The van der Waals surface area contributed by atoms with Gasteiger partial charge in [-0.1, -0.05) is 0 Å². The first-order valence-electron chi connectivity index (χ1n) is 3.84. The quantitative estimate of drug-likeness (QED) is 0.579. The van der Waals surface area contributed by atoms with Gasteiger partial charge in [-0.3, -0.25) is 4.90 Å². The van der Waals surface area contributed by atoms with E-state index in [2.05, 4.69) is 0 Å². The summed E-state index contributed by atoms with van der Waals surface area (Å²) in [7, 11) is 7.41. The topological polar surface area (TPSA) is 36.0 Å². The van der Waals surface area contributed by atoms with E-state index < -0.39 is 0 Å². The lowest BCUT2D eigenvalue weighted by molar-refractivity contribution is 0.0542. The molecule has 0 saturated carbocycles. The van der Waals surface area contributed by atoms with Crippen LogP contribution >= 0.6 is 0 Å². The summed E-state index contributed by atoms with van der Waals surface area (Å²) >= 11 is 0. The molecular formula is C7H15N3O2. The normalized spacial score (nSPS) is 24.0. The maximum Gasteiger partial charge on any atom is 0.426 e. The molecule has 0 aromatic heterocycles. The van der Waals surface area contributed by atoms with E-state index in [9.17, 15) is 4.79 Å². The Morgan fingerprint density at radius 2 is 2.00 bits per heavy atom. The SMILES string of the molecule is CN(C)C1CN(N(C)C)C(=O)O1. The van der Waals surface area contributed by atoms with E-state index in [1.807, 2.05) is 33.1 Å². The highest BCUT2D eigenvalue weighted by Crippen LogP contribution is 2.12. The molecule has 1 heterocycles. The third-order valence-electron chi connectivity index (χ3n) is 1.84. The van der Waals surface area contributed by atoms with Crippen LogP contribution in [-0.2, 0) is 4.74 Å². The van der Waals surface area contributed by atoms with Crippen LogP contribution < -0.4 is 0 Å². The molecule has 0 aromatic rings. The third-order valence-corrected chi connectivity index (χ3v) is 1.84. The first kappa shape index (κ1) is 9.28. The van der Waals surface area contributed by atoms with Crippen molar-refractivity contribution in [3.8, 4) is 0 Å². The van der Waals surface area contributed by atoms with Gasteiger partial charge in [0.2, 0.25) is 0 Å². The number of cyclic esters (lactones) is 1. The van der Waals surface area contributed by atoms with E-state index >= 15 is 0 Å². The maximum absolute atomic E-state index is 11.2. The average Bonchev–Trinajstić information content (AvgIpc) is 2.30. The second-order valence-corrected chi connectivity index (χ2v) is 3.23. The number of carbonyl (C=O) groups excluding carboxylic acids is 1. The molecular weight excluding hydrogens is 158 g/mol. The minimum atomic E-state index is -0.279. The summed E-state index contributed by atoms with van der Waals surface area (Å²) in [5.74, 6) is 0. The number of carbonyl (C=O) groups is 1. The zero-order chi connectivity index (χ0) is 9.30. The molecule has 1 aliphatic rings. The second-order valence-electron chi connectivity index (χ2n) is 3.23. The predicted octanol–water partition coefficient (Wildman–Crippen LogP) is -0.197. The summed E-state index contributed by atoms with van der Waals surface area (Å²) in [6.45, 7) is 0.596. The summed E-state index contributed by atoms with van der Waals surface area (Å²) in [6, 6.07) is 0. The van der Waals surface area contributed by atoms with Crippen LogP contribution in [0, 0.1) is 0 Å². The van der Waals surface area contributed by atoms with Crippen LogP contribution in [-0.4, -0.2) is 62.0 Å². The van der Waals surface area contributed by atoms with Gasteiger partial charge in [0.05, 0.1) is 6.54 Å². The molecule has 1 atom stereocenters. The van der Waals surface area contributed by atoms with E-state index in [0.717, 1.165) is 0 Å².